The summed E-state index contributed by atoms with van der Waals surface area (Å²) in [7, 11) is 0. The van der Waals surface area contributed by atoms with Crippen LogP contribution in [0.1, 0.15) is 37.6 Å². The maximum Gasteiger partial charge on any atom is 0.107 e. The molecule has 1 saturated heterocycles. The van der Waals surface area contributed by atoms with Crippen molar-refractivity contribution in [1.29, 1.82) is 0 Å². The Kier molecular flexibility index (Phi) is 3.33. The van der Waals surface area contributed by atoms with Crippen LogP contribution >= 0.6 is 0 Å². The van der Waals surface area contributed by atoms with Crippen LogP contribution in [0, 0.1) is 0 Å². The smallest absolute Gasteiger partial charge is 0.107 e. The zero-order valence-corrected chi connectivity index (χ0v) is 11.0. The van der Waals surface area contributed by atoms with Crippen molar-refractivity contribution < 1.29 is 0 Å². The summed E-state index contributed by atoms with van der Waals surface area (Å²) in [4.78, 5) is 8.03. The van der Waals surface area contributed by atoms with Crippen molar-refractivity contribution in [2.45, 2.75) is 45.1 Å². The minimum Gasteiger partial charge on any atom is -0.342 e. The first-order valence-electron chi connectivity index (χ1n) is 7.06. The van der Waals surface area contributed by atoms with Crippen molar-refractivity contribution in [2.24, 2.45) is 0 Å². The fraction of sp³-hybridized carbons (Fsp3) is 0.533. The Morgan fingerprint density at radius 1 is 1.39 bits per heavy atom. The normalized spacial score (nSPS) is 19.7. The van der Waals surface area contributed by atoms with Gasteiger partial charge in [0.1, 0.15) is 5.82 Å². The topological polar surface area (TPSA) is 40.7 Å². The van der Waals surface area contributed by atoms with Gasteiger partial charge in [0.15, 0.2) is 0 Å². The Bertz CT molecular complexity index is 524. The summed E-state index contributed by atoms with van der Waals surface area (Å²) in [5, 5.41) is 3.55. The monoisotopic (exact) mass is 243 g/mol. The van der Waals surface area contributed by atoms with Gasteiger partial charge in [-0.15, -0.1) is 0 Å². The van der Waals surface area contributed by atoms with Crippen molar-refractivity contribution in [3.63, 3.8) is 0 Å². The predicted octanol–water partition coefficient (Wildman–Crippen LogP) is 2.81. The van der Waals surface area contributed by atoms with Crippen LogP contribution in [0.2, 0.25) is 0 Å². The van der Waals surface area contributed by atoms with Crippen LogP contribution in [0.4, 0.5) is 0 Å². The molecule has 3 nitrogen and oxygen atoms in total. The molecule has 2 N–H and O–H groups in total. The van der Waals surface area contributed by atoms with E-state index in [0.29, 0.717) is 6.04 Å². The fourth-order valence-electron chi connectivity index (χ4n) is 2.81. The molecule has 0 amide bonds. The molecule has 0 aliphatic carbocycles. The zero-order valence-electron chi connectivity index (χ0n) is 11.0. The van der Waals surface area contributed by atoms with Crippen molar-refractivity contribution in [3.8, 4) is 0 Å². The first-order chi connectivity index (χ1) is 8.85. The van der Waals surface area contributed by atoms with Crippen LogP contribution in [0.15, 0.2) is 18.2 Å². The lowest BCUT2D eigenvalue weighted by Crippen LogP contribution is -2.23. The SMILES string of the molecule is CCCc1nc2ccc(CC3CCCN3)cc2[nH]1. The second-order valence-corrected chi connectivity index (χ2v) is 5.28. The molecule has 96 valence electrons. The van der Waals surface area contributed by atoms with Crippen LogP contribution in [0.25, 0.3) is 11.0 Å². The number of rotatable bonds is 4. The van der Waals surface area contributed by atoms with E-state index < -0.39 is 0 Å². The summed E-state index contributed by atoms with van der Waals surface area (Å²) in [6.07, 6.45) is 5.94. The minimum atomic E-state index is 0.667. The van der Waals surface area contributed by atoms with E-state index in [0.717, 1.165) is 30.6 Å². The van der Waals surface area contributed by atoms with E-state index in [-0.39, 0.29) is 0 Å². The number of aromatic nitrogens is 2. The zero-order chi connectivity index (χ0) is 12.4. The van der Waals surface area contributed by atoms with Gasteiger partial charge in [0.05, 0.1) is 11.0 Å². The van der Waals surface area contributed by atoms with Crippen molar-refractivity contribution in [2.75, 3.05) is 6.54 Å². The lowest BCUT2D eigenvalue weighted by molar-refractivity contribution is 0.603. The van der Waals surface area contributed by atoms with Gasteiger partial charge in [-0.25, -0.2) is 4.98 Å². The van der Waals surface area contributed by atoms with E-state index in [9.17, 15) is 0 Å². The van der Waals surface area contributed by atoms with Crippen molar-refractivity contribution >= 4 is 11.0 Å². The fourth-order valence-corrected chi connectivity index (χ4v) is 2.81. The van der Waals surface area contributed by atoms with E-state index in [1.54, 1.807) is 0 Å². The third kappa shape index (κ3) is 2.41. The van der Waals surface area contributed by atoms with Crippen molar-refractivity contribution in [1.82, 2.24) is 15.3 Å². The molecule has 1 unspecified atom stereocenters. The number of hydrogen-bond acceptors (Lipinski definition) is 2. The number of imidazole rings is 1. The number of nitrogens with zero attached hydrogens (tertiary/aromatic N) is 1. The molecule has 1 aromatic carbocycles. The number of hydrogen-bond donors (Lipinski definition) is 2. The Morgan fingerprint density at radius 3 is 3.11 bits per heavy atom. The highest BCUT2D eigenvalue weighted by Gasteiger charge is 2.14. The average Bonchev–Trinajstić information content (AvgIpc) is 2.98. The summed E-state index contributed by atoms with van der Waals surface area (Å²) in [6.45, 7) is 3.36. The third-order valence-electron chi connectivity index (χ3n) is 3.73. The Labute approximate surface area is 108 Å². The number of aromatic amines is 1. The summed E-state index contributed by atoms with van der Waals surface area (Å²) in [5.41, 5.74) is 3.70. The molecule has 0 spiro atoms. The third-order valence-corrected chi connectivity index (χ3v) is 3.73. The molecule has 0 saturated carbocycles. The second-order valence-electron chi connectivity index (χ2n) is 5.28. The highest BCUT2D eigenvalue weighted by molar-refractivity contribution is 5.75. The maximum absolute atomic E-state index is 4.60. The van der Waals surface area contributed by atoms with Gasteiger partial charge in [-0.05, 0) is 49.9 Å². The van der Waals surface area contributed by atoms with Gasteiger partial charge in [-0.1, -0.05) is 13.0 Å². The van der Waals surface area contributed by atoms with Gasteiger partial charge in [0.25, 0.3) is 0 Å². The summed E-state index contributed by atoms with van der Waals surface area (Å²) >= 11 is 0. The number of aryl methyl sites for hydroxylation is 1. The van der Waals surface area contributed by atoms with E-state index in [2.05, 4.69) is 40.4 Å². The first-order valence-corrected chi connectivity index (χ1v) is 7.06. The number of benzene rings is 1. The largest absolute Gasteiger partial charge is 0.342 e. The van der Waals surface area contributed by atoms with Gasteiger partial charge in [-0.3, -0.25) is 0 Å². The van der Waals surface area contributed by atoms with Crippen LogP contribution in [-0.2, 0) is 12.8 Å². The molecule has 2 aromatic rings. The van der Waals surface area contributed by atoms with Gasteiger partial charge in [0.2, 0.25) is 0 Å². The molecule has 18 heavy (non-hydrogen) atoms. The summed E-state index contributed by atoms with van der Waals surface area (Å²) in [6, 6.07) is 7.30. The van der Waals surface area contributed by atoms with Gasteiger partial charge < -0.3 is 10.3 Å². The van der Waals surface area contributed by atoms with Crippen LogP contribution in [0.3, 0.4) is 0 Å². The molecule has 1 aliphatic rings. The Morgan fingerprint density at radius 2 is 2.33 bits per heavy atom. The summed E-state index contributed by atoms with van der Waals surface area (Å²) < 4.78 is 0. The first kappa shape index (κ1) is 11.7. The van der Waals surface area contributed by atoms with E-state index >= 15 is 0 Å². The van der Waals surface area contributed by atoms with Gasteiger partial charge >= 0.3 is 0 Å². The highest BCUT2D eigenvalue weighted by Crippen LogP contribution is 2.18. The second kappa shape index (κ2) is 5.11. The molecular formula is C15H21N3. The molecule has 1 fully saturated rings. The number of fused-ring (bicyclic) bond motifs is 1. The van der Waals surface area contributed by atoms with E-state index in [4.69, 9.17) is 0 Å². The predicted molar refractivity (Wildman–Crippen MR) is 74.8 cm³/mol. The van der Waals surface area contributed by atoms with Gasteiger partial charge in [-0.2, -0.15) is 0 Å². The summed E-state index contributed by atoms with van der Waals surface area (Å²) in [5.74, 6) is 1.11. The molecule has 3 rings (SSSR count). The molecule has 0 radical (unpaired) electrons. The highest BCUT2D eigenvalue weighted by atomic mass is 14.9. The van der Waals surface area contributed by atoms with Crippen LogP contribution in [0.5, 0.6) is 0 Å². The molecule has 2 heterocycles. The van der Waals surface area contributed by atoms with Crippen molar-refractivity contribution in [3.05, 3.63) is 29.6 Å². The minimum absolute atomic E-state index is 0.667. The molecular weight excluding hydrogens is 222 g/mol. The average molecular weight is 243 g/mol. The Balaban J connectivity index is 1.80. The Hall–Kier alpha value is -1.35. The lowest BCUT2D eigenvalue weighted by atomic mass is 10.0. The lowest BCUT2D eigenvalue weighted by Gasteiger charge is -2.09. The van der Waals surface area contributed by atoms with E-state index in [1.165, 1.54) is 30.5 Å². The van der Waals surface area contributed by atoms with Crippen LogP contribution < -0.4 is 5.32 Å². The quantitative estimate of drug-likeness (QED) is 0.867. The van der Waals surface area contributed by atoms with Gasteiger partial charge in [0, 0.05) is 12.5 Å². The maximum atomic E-state index is 4.60. The number of nitrogens with one attached hydrogen (secondary N) is 2. The molecule has 1 atom stereocenters. The van der Waals surface area contributed by atoms with Crippen LogP contribution in [-0.4, -0.2) is 22.6 Å². The van der Waals surface area contributed by atoms with E-state index in [1.807, 2.05) is 0 Å². The number of H-pyrrole nitrogens is 1. The molecule has 3 heteroatoms. The molecule has 0 bridgehead atoms. The standard InChI is InChI=1S/C15H21N3/c1-2-4-15-17-13-7-6-11(10-14(13)18-15)9-12-5-3-8-16-12/h6-7,10,12,16H,2-5,8-9H2,1H3,(H,17,18). The molecule has 1 aliphatic heterocycles. The molecule has 1 aromatic heterocycles.